The Hall–Kier alpha value is -4.43. The molecule has 8 heteroatoms. The van der Waals surface area contributed by atoms with Gasteiger partial charge in [0.2, 0.25) is 0 Å². The maximum Gasteiger partial charge on any atom is 0.352 e. The monoisotopic (exact) mass is 566 g/mol. The molecule has 42 heavy (non-hydrogen) atoms. The minimum atomic E-state index is -0.940. The highest BCUT2D eigenvalue weighted by Crippen LogP contribution is 2.39. The van der Waals surface area contributed by atoms with Crippen molar-refractivity contribution in [3.63, 3.8) is 0 Å². The van der Waals surface area contributed by atoms with Gasteiger partial charge in [-0.3, -0.25) is 4.68 Å². The van der Waals surface area contributed by atoms with Crippen molar-refractivity contribution < 1.29 is 19.0 Å². The number of aryl methyl sites for hydroxylation is 3. The normalized spacial score (nSPS) is 14.4. The molecular formula is C34H35FN4O3. The van der Waals surface area contributed by atoms with Gasteiger partial charge in [0.15, 0.2) is 0 Å². The molecule has 0 amide bonds. The van der Waals surface area contributed by atoms with Crippen molar-refractivity contribution >= 4 is 33.7 Å². The maximum absolute atomic E-state index is 13.5. The van der Waals surface area contributed by atoms with E-state index < -0.39 is 5.97 Å². The number of carboxylic acids is 1. The van der Waals surface area contributed by atoms with Crippen molar-refractivity contribution in [3.05, 3.63) is 89.6 Å². The Morgan fingerprint density at radius 3 is 2.62 bits per heavy atom. The number of para-hydroxylation sites is 1. The van der Waals surface area contributed by atoms with Crippen LogP contribution in [0, 0.1) is 0 Å². The Balaban J connectivity index is 1.43. The van der Waals surface area contributed by atoms with Gasteiger partial charge in [-0.15, -0.1) is 0 Å². The van der Waals surface area contributed by atoms with Gasteiger partial charge in [-0.2, -0.15) is 5.10 Å². The van der Waals surface area contributed by atoms with Crippen molar-refractivity contribution in [3.8, 4) is 16.9 Å². The molecule has 0 bridgehead atoms. The number of carbonyl (C=O) groups is 1. The van der Waals surface area contributed by atoms with Gasteiger partial charge in [0, 0.05) is 42.0 Å². The SMILES string of the molecule is CN1CCCCn2c(C(=O)O)c(CCCOc3cccc4ccccc34)c3cccc(c32)-c2c(/C=C/F)nn(C)c2C1. The highest BCUT2D eigenvalue weighted by Gasteiger charge is 2.27. The average molecular weight is 567 g/mol. The van der Waals surface area contributed by atoms with Crippen molar-refractivity contribution in [2.75, 3.05) is 20.2 Å². The van der Waals surface area contributed by atoms with Crippen LogP contribution in [0.1, 0.15) is 46.7 Å². The van der Waals surface area contributed by atoms with Crippen LogP contribution in [-0.2, 0) is 26.6 Å². The summed E-state index contributed by atoms with van der Waals surface area (Å²) in [6.07, 6.45) is 4.88. The van der Waals surface area contributed by atoms with Gasteiger partial charge >= 0.3 is 5.97 Å². The lowest BCUT2D eigenvalue weighted by Crippen LogP contribution is -2.21. The molecule has 0 radical (unpaired) electrons. The quantitative estimate of drug-likeness (QED) is 0.213. The maximum atomic E-state index is 13.5. The molecule has 3 aromatic carbocycles. The zero-order chi connectivity index (χ0) is 29.2. The van der Waals surface area contributed by atoms with Gasteiger partial charge in [-0.1, -0.05) is 54.6 Å². The van der Waals surface area contributed by atoms with Crippen LogP contribution in [0.5, 0.6) is 5.75 Å². The van der Waals surface area contributed by atoms with Crippen molar-refractivity contribution in [2.24, 2.45) is 7.05 Å². The molecule has 3 heterocycles. The number of rotatable bonds is 7. The lowest BCUT2D eigenvalue weighted by Gasteiger charge is -2.17. The van der Waals surface area contributed by atoms with E-state index in [4.69, 9.17) is 4.74 Å². The van der Waals surface area contributed by atoms with E-state index in [0.29, 0.717) is 50.3 Å². The number of hydrogen-bond acceptors (Lipinski definition) is 4. The third-order valence-corrected chi connectivity index (χ3v) is 8.24. The molecule has 1 aliphatic rings. The molecule has 0 unspecified atom stereocenters. The van der Waals surface area contributed by atoms with Gasteiger partial charge in [0.25, 0.3) is 0 Å². The zero-order valence-electron chi connectivity index (χ0n) is 24.0. The van der Waals surface area contributed by atoms with E-state index in [1.54, 1.807) is 0 Å². The summed E-state index contributed by atoms with van der Waals surface area (Å²) in [4.78, 5) is 15.1. The Morgan fingerprint density at radius 1 is 1.02 bits per heavy atom. The lowest BCUT2D eigenvalue weighted by atomic mass is 9.97. The molecule has 0 fully saturated rings. The van der Waals surface area contributed by atoms with E-state index >= 15 is 0 Å². The number of halogens is 1. The number of fused-ring (bicyclic) bond motifs is 3. The standard InChI is InChI=1S/C34H35FN4O3/c1-37-19-5-6-20-39-32-25(13-8-14-27(32)31-28(17-18-35)36-38(2)29(31)22-37)26(33(39)34(40)41)15-9-21-42-30-16-7-11-23-10-3-4-12-24(23)30/h3-4,7-8,10-14,16-18H,5-6,9,15,19-22H2,1-2H3,(H,40,41)/b18-17+. The summed E-state index contributed by atoms with van der Waals surface area (Å²) >= 11 is 0. The topological polar surface area (TPSA) is 72.5 Å². The molecule has 1 aliphatic heterocycles. The van der Waals surface area contributed by atoms with Crippen molar-refractivity contribution in [1.29, 1.82) is 0 Å². The molecule has 0 saturated heterocycles. The average Bonchev–Trinajstić information content (AvgIpc) is 3.46. The zero-order valence-corrected chi connectivity index (χ0v) is 24.0. The predicted molar refractivity (Wildman–Crippen MR) is 165 cm³/mol. The molecule has 216 valence electrons. The van der Waals surface area contributed by atoms with Gasteiger partial charge in [-0.25, -0.2) is 9.18 Å². The first-order chi connectivity index (χ1) is 20.5. The molecule has 1 N–H and O–H groups in total. The first-order valence-electron chi connectivity index (χ1n) is 14.5. The number of aromatic carboxylic acids is 1. The number of nitrogens with zero attached hydrogens (tertiary/aromatic N) is 4. The van der Waals surface area contributed by atoms with E-state index in [1.807, 2.05) is 64.8 Å². The van der Waals surface area contributed by atoms with E-state index in [2.05, 4.69) is 29.2 Å². The second-order valence-electron chi connectivity index (χ2n) is 11.0. The summed E-state index contributed by atoms with van der Waals surface area (Å²) in [5, 5.41) is 18.3. The minimum Gasteiger partial charge on any atom is -0.493 e. The third kappa shape index (κ3) is 5.07. The second kappa shape index (κ2) is 11.8. The number of aromatic nitrogens is 3. The molecule has 2 aromatic heterocycles. The van der Waals surface area contributed by atoms with Crippen molar-refractivity contribution in [2.45, 2.75) is 38.8 Å². The van der Waals surface area contributed by atoms with Gasteiger partial charge in [-0.05, 0) is 62.4 Å². The summed E-state index contributed by atoms with van der Waals surface area (Å²) in [6.45, 7) is 2.56. The molecule has 0 atom stereocenters. The lowest BCUT2D eigenvalue weighted by molar-refractivity contribution is 0.0684. The summed E-state index contributed by atoms with van der Waals surface area (Å²) in [6, 6.07) is 20.1. The number of benzene rings is 3. The Labute approximate surface area is 244 Å². The molecule has 0 saturated carbocycles. The molecule has 0 aliphatic carbocycles. The highest BCUT2D eigenvalue weighted by atomic mass is 19.1. The fourth-order valence-electron chi connectivity index (χ4n) is 6.37. The molecular weight excluding hydrogens is 531 g/mol. The fraction of sp³-hybridized carbons (Fsp3) is 0.294. The van der Waals surface area contributed by atoms with E-state index in [1.165, 1.54) is 6.08 Å². The number of ether oxygens (including phenoxy) is 1. The van der Waals surface area contributed by atoms with Crippen molar-refractivity contribution in [1.82, 2.24) is 19.2 Å². The van der Waals surface area contributed by atoms with Gasteiger partial charge < -0.3 is 19.3 Å². The second-order valence-corrected chi connectivity index (χ2v) is 11.0. The van der Waals surface area contributed by atoms with Gasteiger partial charge in [0.05, 0.1) is 29.8 Å². The number of hydrogen-bond donors (Lipinski definition) is 1. The Kier molecular flexibility index (Phi) is 7.80. The molecule has 5 aromatic rings. The molecule has 6 rings (SSSR count). The summed E-state index contributed by atoms with van der Waals surface area (Å²) in [5.74, 6) is -0.113. The van der Waals surface area contributed by atoms with Crippen LogP contribution in [0.2, 0.25) is 0 Å². The molecule has 7 nitrogen and oxygen atoms in total. The van der Waals surface area contributed by atoms with Crippen LogP contribution in [0.25, 0.3) is 38.9 Å². The Bertz CT molecular complexity index is 1800. The van der Waals surface area contributed by atoms with Crippen LogP contribution < -0.4 is 4.74 Å². The molecule has 0 spiro atoms. The minimum absolute atomic E-state index is 0.322. The van der Waals surface area contributed by atoms with Crippen LogP contribution >= 0.6 is 0 Å². The van der Waals surface area contributed by atoms with Crippen LogP contribution in [0.4, 0.5) is 4.39 Å². The van der Waals surface area contributed by atoms with Crippen LogP contribution in [0.15, 0.2) is 67.0 Å². The first kappa shape index (κ1) is 27.7. The fourth-order valence-corrected chi connectivity index (χ4v) is 6.37. The number of carboxylic acid groups (broad SMARTS) is 1. The highest BCUT2D eigenvalue weighted by molar-refractivity contribution is 6.05. The summed E-state index contributed by atoms with van der Waals surface area (Å²) in [5.41, 5.74) is 5.21. The Morgan fingerprint density at radius 2 is 1.79 bits per heavy atom. The van der Waals surface area contributed by atoms with Crippen LogP contribution in [0.3, 0.4) is 0 Å². The summed E-state index contributed by atoms with van der Waals surface area (Å²) in [7, 11) is 3.95. The predicted octanol–water partition coefficient (Wildman–Crippen LogP) is 7.07. The third-order valence-electron chi connectivity index (χ3n) is 8.24. The van der Waals surface area contributed by atoms with Gasteiger partial charge in [0.1, 0.15) is 11.4 Å². The summed E-state index contributed by atoms with van der Waals surface area (Å²) < 4.78 is 23.5. The van der Waals surface area contributed by atoms with E-state index in [0.717, 1.165) is 69.2 Å². The van der Waals surface area contributed by atoms with E-state index in [-0.39, 0.29) is 0 Å². The van der Waals surface area contributed by atoms with E-state index in [9.17, 15) is 14.3 Å². The largest absolute Gasteiger partial charge is 0.493 e. The van der Waals surface area contributed by atoms with Crippen LogP contribution in [-0.4, -0.2) is 50.5 Å². The first-order valence-corrected chi connectivity index (χ1v) is 14.5. The smallest absolute Gasteiger partial charge is 0.352 e.